The molecular weight excluding hydrogens is 183 g/mol. The van der Waals surface area contributed by atoms with Gasteiger partial charge in [-0.25, -0.2) is 0 Å². The van der Waals surface area contributed by atoms with Crippen LogP contribution in [0.1, 0.15) is 5.56 Å². The molecule has 0 bridgehead atoms. The topological polar surface area (TPSA) is 20.2 Å². The van der Waals surface area contributed by atoms with E-state index in [0.29, 0.717) is 0 Å². The van der Waals surface area contributed by atoms with Crippen molar-refractivity contribution in [1.29, 1.82) is 0 Å². The van der Waals surface area contributed by atoms with Crippen LogP contribution in [0.5, 0.6) is 0 Å². The number of aliphatic hydroxyl groups excluding tert-OH is 1. The summed E-state index contributed by atoms with van der Waals surface area (Å²) >= 11 is 0. The van der Waals surface area contributed by atoms with Crippen LogP contribution in [0.4, 0.5) is 0 Å². The summed E-state index contributed by atoms with van der Waals surface area (Å²) in [6.45, 7) is 0.117. The average molecular weight is 196 g/mol. The molecule has 1 N–H and O–H groups in total. The molecule has 2 heteroatoms. The van der Waals surface area contributed by atoms with E-state index in [2.05, 4.69) is 36.4 Å². The van der Waals surface area contributed by atoms with Crippen LogP contribution in [-0.2, 0) is 6.61 Å². The molecule has 0 radical (unpaired) electrons. The van der Waals surface area contributed by atoms with E-state index < -0.39 is 0 Å². The van der Waals surface area contributed by atoms with Gasteiger partial charge in [0, 0.05) is 0 Å². The second kappa shape index (κ2) is 4.81. The summed E-state index contributed by atoms with van der Waals surface area (Å²) in [7, 11) is 0.951. The van der Waals surface area contributed by atoms with E-state index in [1.54, 1.807) is 0 Å². The maximum absolute atomic E-state index is 8.92. The van der Waals surface area contributed by atoms with Gasteiger partial charge >= 0.3 is 0 Å². The van der Waals surface area contributed by atoms with Gasteiger partial charge in [0.2, 0.25) is 0 Å². The quantitative estimate of drug-likeness (QED) is 0.711. The fourth-order valence-electron chi connectivity index (χ4n) is 1.59. The molecule has 0 spiro atoms. The standard InChI is InChI=1S/C13H13BO/c15-10-11-6-8-13(9-7-11)14-12-4-2-1-3-5-12/h1-9,14-15H,10H2. The number of rotatable bonds is 3. The lowest BCUT2D eigenvalue weighted by molar-refractivity contribution is 0.282. The fourth-order valence-corrected chi connectivity index (χ4v) is 1.59. The molecule has 0 heterocycles. The Morgan fingerprint density at radius 1 is 0.800 bits per heavy atom. The second-order valence-electron chi connectivity index (χ2n) is 3.64. The van der Waals surface area contributed by atoms with Crippen LogP contribution in [0.25, 0.3) is 0 Å². The van der Waals surface area contributed by atoms with Crippen molar-refractivity contribution in [2.75, 3.05) is 0 Å². The average Bonchev–Trinajstić information content (AvgIpc) is 2.31. The number of aliphatic hydroxyl groups is 1. The maximum atomic E-state index is 8.92. The van der Waals surface area contributed by atoms with Gasteiger partial charge in [0.25, 0.3) is 0 Å². The molecular formula is C13H13BO. The van der Waals surface area contributed by atoms with Crippen LogP contribution in [0.15, 0.2) is 54.6 Å². The van der Waals surface area contributed by atoms with Gasteiger partial charge in [0.05, 0.1) is 6.61 Å². The predicted octanol–water partition coefficient (Wildman–Crippen LogP) is 0.566. The van der Waals surface area contributed by atoms with Crippen LogP contribution in [0, 0.1) is 0 Å². The smallest absolute Gasteiger partial charge is 0.192 e. The van der Waals surface area contributed by atoms with Gasteiger partial charge in [-0.05, 0) is 5.56 Å². The highest BCUT2D eigenvalue weighted by molar-refractivity contribution is 6.67. The summed E-state index contributed by atoms with van der Waals surface area (Å²) in [6.07, 6.45) is 0. The second-order valence-corrected chi connectivity index (χ2v) is 3.64. The van der Waals surface area contributed by atoms with Crippen molar-refractivity contribution in [3.05, 3.63) is 60.2 Å². The van der Waals surface area contributed by atoms with Gasteiger partial charge in [-0.1, -0.05) is 65.5 Å². The van der Waals surface area contributed by atoms with Gasteiger partial charge in [0.1, 0.15) is 0 Å². The Kier molecular flexibility index (Phi) is 3.20. The summed E-state index contributed by atoms with van der Waals surface area (Å²) in [5, 5.41) is 8.92. The van der Waals surface area contributed by atoms with Gasteiger partial charge < -0.3 is 5.11 Å². The Hall–Kier alpha value is -1.54. The van der Waals surface area contributed by atoms with E-state index in [4.69, 9.17) is 5.11 Å². The van der Waals surface area contributed by atoms with E-state index in [0.717, 1.165) is 12.8 Å². The van der Waals surface area contributed by atoms with Gasteiger partial charge in [-0.3, -0.25) is 0 Å². The molecule has 0 aromatic heterocycles. The molecule has 0 amide bonds. The third kappa shape index (κ3) is 2.70. The molecule has 0 aliphatic rings. The van der Waals surface area contributed by atoms with Crippen molar-refractivity contribution in [3.8, 4) is 0 Å². The van der Waals surface area contributed by atoms with E-state index in [9.17, 15) is 0 Å². The first-order valence-corrected chi connectivity index (χ1v) is 5.11. The summed E-state index contributed by atoms with van der Waals surface area (Å²) in [5.41, 5.74) is 3.56. The molecule has 0 unspecified atom stereocenters. The molecule has 0 saturated heterocycles. The molecule has 1 nitrogen and oxygen atoms in total. The van der Waals surface area contributed by atoms with Crippen molar-refractivity contribution in [1.82, 2.24) is 0 Å². The van der Waals surface area contributed by atoms with Crippen molar-refractivity contribution in [3.63, 3.8) is 0 Å². The molecule has 0 saturated carbocycles. The van der Waals surface area contributed by atoms with Crippen LogP contribution in [0.3, 0.4) is 0 Å². The van der Waals surface area contributed by atoms with Crippen LogP contribution >= 0.6 is 0 Å². The third-order valence-corrected chi connectivity index (χ3v) is 2.46. The molecule has 0 atom stereocenters. The number of benzene rings is 2. The fraction of sp³-hybridized carbons (Fsp3) is 0.0769. The van der Waals surface area contributed by atoms with E-state index >= 15 is 0 Å². The largest absolute Gasteiger partial charge is 0.392 e. The molecule has 2 aromatic carbocycles. The molecule has 15 heavy (non-hydrogen) atoms. The lowest BCUT2D eigenvalue weighted by Gasteiger charge is -2.01. The Bertz CT molecular complexity index is 408. The third-order valence-electron chi connectivity index (χ3n) is 2.46. The summed E-state index contributed by atoms with van der Waals surface area (Å²) in [4.78, 5) is 0. The Morgan fingerprint density at radius 2 is 1.40 bits per heavy atom. The van der Waals surface area contributed by atoms with Crippen molar-refractivity contribution >= 4 is 18.2 Å². The van der Waals surface area contributed by atoms with E-state index in [-0.39, 0.29) is 6.61 Å². The van der Waals surface area contributed by atoms with Gasteiger partial charge in [0.15, 0.2) is 7.28 Å². The molecule has 0 aliphatic carbocycles. The Labute approximate surface area is 90.6 Å². The van der Waals surface area contributed by atoms with Crippen LogP contribution < -0.4 is 10.9 Å². The van der Waals surface area contributed by atoms with Crippen molar-refractivity contribution < 1.29 is 5.11 Å². The lowest BCUT2D eigenvalue weighted by atomic mass is 9.64. The lowest BCUT2D eigenvalue weighted by Crippen LogP contribution is -2.26. The Morgan fingerprint density at radius 3 is 2.00 bits per heavy atom. The minimum Gasteiger partial charge on any atom is -0.392 e. The monoisotopic (exact) mass is 196 g/mol. The van der Waals surface area contributed by atoms with Gasteiger partial charge in [-0.15, -0.1) is 0 Å². The van der Waals surface area contributed by atoms with E-state index in [1.165, 1.54) is 10.9 Å². The minimum absolute atomic E-state index is 0.117. The first kappa shape index (κ1) is 10.00. The number of hydrogen-bond acceptors (Lipinski definition) is 1. The molecule has 2 aromatic rings. The first-order chi connectivity index (χ1) is 7.38. The highest BCUT2D eigenvalue weighted by Gasteiger charge is 1.98. The summed E-state index contributed by atoms with van der Waals surface area (Å²) < 4.78 is 0. The summed E-state index contributed by atoms with van der Waals surface area (Å²) in [6, 6.07) is 18.5. The van der Waals surface area contributed by atoms with Crippen LogP contribution in [-0.4, -0.2) is 12.4 Å². The molecule has 2 rings (SSSR count). The highest BCUT2D eigenvalue weighted by Crippen LogP contribution is 1.95. The zero-order chi connectivity index (χ0) is 10.5. The molecule has 0 fully saturated rings. The van der Waals surface area contributed by atoms with Crippen LogP contribution in [0.2, 0.25) is 0 Å². The normalized spacial score (nSPS) is 9.93. The first-order valence-electron chi connectivity index (χ1n) is 5.11. The maximum Gasteiger partial charge on any atom is 0.192 e. The molecule has 0 aliphatic heterocycles. The zero-order valence-electron chi connectivity index (χ0n) is 8.56. The van der Waals surface area contributed by atoms with Crippen molar-refractivity contribution in [2.45, 2.75) is 6.61 Å². The zero-order valence-corrected chi connectivity index (χ0v) is 8.56. The predicted molar refractivity (Wildman–Crippen MR) is 65.2 cm³/mol. The summed E-state index contributed by atoms with van der Waals surface area (Å²) in [5.74, 6) is 0. The number of hydrogen-bond donors (Lipinski definition) is 1. The Balaban J connectivity index is 2.11. The molecule has 74 valence electrons. The van der Waals surface area contributed by atoms with Gasteiger partial charge in [-0.2, -0.15) is 0 Å². The SMILES string of the molecule is OCc1ccc(Bc2ccccc2)cc1. The minimum atomic E-state index is 0.117. The van der Waals surface area contributed by atoms with E-state index in [1.807, 2.05) is 18.2 Å². The highest BCUT2D eigenvalue weighted by atomic mass is 16.3. The van der Waals surface area contributed by atoms with Crippen molar-refractivity contribution in [2.24, 2.45) is 0 Å².